The number of carbonyl (C=O) groups excluding carboxylic acids is 1. The number of hydrogen-bond donors (Lipinski definition) is 0. The zero-order chi connectivity index (χ0) is 19.6. The summed E-state index contributed by atoms with van der Waals surface area (Å²) in [6.45, 7) is 4.11. The smallest absolute Gasteiger partial charge is 0.271 e. The molecular formula is C20H17N3O3S. The van der Waals surface area contributed by atoms with Gasteiger partial charge < -0.3 is 4.57 Å². The quantitative estimate of drug-likeness (QED) is 0.395. The van der Waals surface area contributed by atoms with E-state index >= 15 is 0 Å². The van der Waals surface area contributed by atoms with Gasteiger partial charge in [-0.25, -0.2) is 0 Å². The van der Waals surface area contributed by atoms with Crippen LogP contribution in [0.25, 0.3) is 10.2 Å². The Morgan fingerprint density at radius 3 is 2.78 bits per heavy atom. The third-order valence-electron chi connectivity index (χ3n) is 4.19. The van der Waals surface area contributed by atoms with E-state index in [-0.39, 0.29) is 24.6 Å². The van der Waals surface area contributed by atoms with Crippen LogP contribution in [0.5, 0.6) is 0 Å². The SMILES string of the molecule is C#CCn1c(=NC(=O)Cc2cc(C)ccc2C)sc2ccc([N+](=O)[O-])cc21. The number of terminal acetylenes is 1. The Labute approximate surface area is 160 Å². The molecule has 3 aromatic rings. The van der Waals surface area contributed by atoms with Crippen LogP contribution in [0, 0.1) is 36.3 Å². The van der Waals surface area contributed by atoms with Crippen LogP contribution in [-0.2, 0) is 17.8 Å². The van der Waals surface area contributed by atoms with E-state index in [4.69, 9.17) is 6.42 Å². The Balaban J connectivity index is 2.05. The highest BCUT2D eigenvalue weighted by Gasteiger charge is 2.13. The number of aromatic nitrogens is 1. The molecule has 0 aliphatic carbocycles. The van der Waals surface area contributed by atoms with Crippen LogP contribution in [0.2, 0.25) is 0 Å². The van der Waals surface area contributed by atoms with Crippen LogP contribution in [0.3, 0.4) is 0 Å². The highest BCUT2D eigenvalue weighted by atomic mass is 32.1. The fourth-order valence-electron chi connectivity index (χ4n) is 2.80. The number of hydrogen-bond acceptors (Lipinski definition) is 4. The summed E-state index contributed by atoms with van der Waals surface area (Å²) in [4.78, 5) is 27.8. The number of amides is 1. The van der Waals surface area contributed by atoms with Crippen molar-refractivity contribution in [1.29, 1.82) is 0 Å². The summed E-state index contributed by atoms with van der Waals surface area (Å²) in [5.74, 6) is 2.24. The van der Waals surface area contributed by atoms with Gasteiger partial charge in [0.25, 0.3) is 11.6 Å². The van der Waals surface area contributed by atoms with Crippen molar-refractivity contribution in [1.82, 2.24) is 4.57 Å². The van der Waals surface area contributed by atoms with Gasteiger partial charge in [0.05, 0.1) is 28.1 Å². The second-order valence-electron chi connectivity index (χ2n) is 6.20. The number of carbonyl (C=O) groups is 1. The van der Waals surface area contributed by atoms with E-state index in [1.807, 2.05) is 32.0 Å². The second-order valence-corrected chi connectivity index (χ2v) is 7.21. The number of nitro groups is 1. The third-order valence-corrected chi connectivity index (χ3v) is 5.25. The van der Waals surface area contributed by atoms with Crippen LogP contribution in [0.1, 0.15) is 16.7 Å². The molecule has 27 heavy (non-hydrogen) atoms. The van der Waals surface area contributed by atoms with E-state index in [1.165, 1.54) is 23.5 Å². The predicted molar refractivity (Wildman–Crippen MR) is 105 cm³/mol. The van der Waals surface area contributed by atoms with Gasteiger partial charge in [0.2, 0.25) is 0 Å². The fraction of sp³-hybridized carbons (Fsp3) is 0.200. The first-order chi connectivity index (χ1) is 12.9. The summed E-state index contributed by atoms with van der Waals surface area (Å²) in [5, 5.41) is 11.0. The number of thiazole rings is 1. The summed E-state index contributed by atoms with van der Waals surface area (Å²) >= 11 is 1.29. The van der Waals surface area contributed by atoms with Gasteiger partial charge in [0, 0.05) is 12.1 Å². The lowest BCUT2D eigenvalue weighted by Crippen LogP contribution is -2.17. The van der Waals surface area contributed by atoms with Gasteiger partial charge in [-0.15, -0.1) is 6.42 Å². The van der Waals surface area contributed by atoms with Gasteiger partial charge in [-0.2, -0.15) is 4.99 Å². The molecule has 0 bridgehead atoms. The maximum atomic E-state index is 12.5. The van der Waals surface area contributed by atoms with Crippen molar-refractivity contribution in [3.8, 4) is 12.3 Å². The molecule has 0 saturated carbocycles. The van der Waals surface area contributed by atoms with Gasteiger partial charge >= 0.3 is 0 Å². The molecule has 0 radical (unpaired) electrons. The van der Waals surface area contributed by atoms with Crippen molar-refractivity contribution < 1.29 is 9.72 Å². The molecule has 0 aliphatic rings. The number of nitrogens with zero attached hydrogens (tertiary/aromatic N) is 3. The number of benzene rings is 2. The Morgan fingerprint density at radius 1 is 1.30 bits per heavy atom. The molecule has 0 fully saturated rings. The summed E-state index contributed by atoms with van der Waals surface area (Å²) in [5.41, 5.74) is 3.63. The van der Waals surface area contributed by atoms with Crippen molar-refractivity contribution in [3.63, 3.8) is 0 Å². The first-order valence-corrected chi connectivity index (χ1v) is 9.05. The van der Waals surface area contributed by atoms with Gasteiger partial charge in [-0.3, -0.25) is 14.9 Å². The number of nitro benzene ring substituents is 1. The molecule has 0 spiro atoms. The number of rotatable bonds is 4. The largest absolute Gasteiger partial charge is 0.304 e. The molecule has 0 N–H and O–H groups in total. The highest BCUT2D eigenvalue weighted by molar-refractivity contribution is 7.16. The number of fused-ring (bicyclic) bond motifs is 1. The first kappa shape index (κ1) is 18.5. The van der Waals surface area contributed by atoms with E-state index < -0.39 is 4.92 Å². The van der Waals surface area contributed by atoms with Gasteiger partial charge in [-0.1, -0.05) is 41.0 Å². The molecule has 0 atom stereocenters. The third kappa shape index (κ3) is 3.96. The number of aryl methyl sites for hydroxylation is 2. The van der Waals surface area contributed by atoms with Crippen molar-refractivity contribution >= 4 is 33.1 Å². The minimum atomic E-state index is -0.459. The molecule has 7 heteroatoms. The lowest BCUT2D eigenvalue weighted by atomic mass is 10.0. The summed E-state index contributed by atoms with van der Waals surface area (Å²) in [6, 6.07) is 10.5. The van der Waals surface area contributed by atoms with E-state index in [0.717, 1.165) is 21.4 Å². The van der Waals surface area contributed by atoms with E-state index in [1.54, 1.807) is 10.6 Å². The maximum Gasteiger partial charge on any atom is 0.271 e. The van der Waals surface area contributed by atoms with Crippen LogP contribution in [0.4, 0.5) is 5.69 Å². The predicted octanol–water partition coefficient (Wildman–Crippen LogP) is 3.53. The van der Waals surface area contributed by atoms with Crippen molar-refractivity contribution in [3.05, 3.63) is 68.0 Å². The Bertz CT molecular complexity index is 1170. The van der Waals surface area contributed by atoms with Gasteiger partial charge in [0.15, 0.2) is 4.80 Å². The number of non-ortho nitro benzene ring substituents is 1. The van der Waals surface area contributed by atoms with Gasteiger partial charge in [-0.05, 0) is 31.0 Å². The molecule has 3 rings (SSSR count). The molecule has 1 amide bonds. The maximum absolute atomic E-state index is 12.5. The molecule has 0 aliphatic heterocycles. The molecule has 2 aromatic carbocycles. The van der Waals surface area contributed by atoms with Crippen molar-refractivity contribution in [2.75, 3.05) is 0 Å². The second kappa shape index (κ2) is 7.56. The molecular weight excluding hydrogens is 362 g/mol. The van der Waals surface area contributed by atoms with Crippen molar-refractivity contribution in [2.45, 2.75) is 26.8 Å². The van der Waals surface area contributed by atoms with Crippen LogP contribution in [-0.4, -0.2) is 15.4 Å². The highest BCUT2D eigenvalue weighted by Crippen LogP contribution is 2.23. The molecule has 6 nitrogen and oxygen atoms in total. The molecule has 136 valence electrons. The van der Waals surface area contributed by atoms with Crippen LogP contribution in [0.15, 0.2) is 41.4 Å². The van der Waals surface area contributed by atoms with E-state index in [2.05, 4.69) is 10.9 Å². The zero-order valence-electron chi connectivity index (χ0n) is 14.9. The van der Waals surface area contributed by atoms with Crippen LogP contribution < -0.4 is 4.80 Å². The minimum absolute atomic E-state index is 0.0284. The molecule has 0 saturated heterocycles. The monoisotopic (exact) mass is 379 g/mol. The minimum Gasteiger partial charge on any atom is -0.304 e. The molecule has 0 unspecified atom stereocenters. The topological polar surface area (TPSA) is 77.5 Å². The average Bonchev–Trinajstić information content (AvgIpc) is 2.95. The fourth-order valence-corrected chi connectivity index (χ4v) is 3.83. The Kier molecular flexibility index (Phi) is 5.19. The lowest BCUT2D eigenvalue weighted by Gasteiger charge is -2.04. The molecule has 1 aromatic heterocycles. The van der Waals surface area contributed by atoms with Crippen LogP contribution >= 0.6 is 11.3 Å². The average molecular weight is 379 g/mol. The van der Waals surface area contributed by atoms with E-state index in [9.17, 15) is 14.9 Å². The lowest BCUT2D eigenvalue weighted by molar-refractivity contribution is -0.384. The standard InChI is InChI=1S/C20H17N3O3S/c1-4-9-22-17-12-16(23(25)26)7-8-18(17)27-20(22)21-19(24)11-15-10-13(2)5-6-14(15)3/h1,5-8,10,12H,9,11H2,2-3H3. The summed E-state index contributed by atoms with van der Waals surface area (Å²) < 4.78 is 2.45. The Morgan fingerprint density at radius 2 is 2.07 bits per heavy atom. The van der Waals surface area contributed by atoms with Crippen molar-refractivity contribution in [2.24, 2.45) is 4.99 Å². The first-order valence-electron chi connectivity index (χ1n) is 8.24. The normalized spacial score (nSPS) is 11.5. The zero-order valence-corrected chi connectivity index (χ0v) is 15.7. The summed E-state index contributed by atoms with van der Waals surface area (Å²) in [7, 11) is 0. The van der Waals surface area contributed by atoms with Gasteiger partial charge in [0.1, 0.15) is 0 Å². The van der Waals surface area contributed by atoms with E-state index in [0.29, 0.717) is 10.3 Å². The summed E-state index contributed by atoms with van der Waals surface area (Å²) in [6.07, 6.45) is 5.63. The Hall–Kier alpha value is -3.24. The molecule has 1 heterocycles.